The third-order valence-electron chi connectivity index (χ3n) is 2.99. The highest BCUT2D eigenvalue weighted by Crippen LogP contribution is 2.17. The van der Waals surface area contributed by atoms with E-state index in [2.05, 4.69) is 10.3 Å². The van der Waals surface area contributed by atoms with Crippen LogP contribution in [0.4, 0.5) is 16.2 Å². The molecule has 106 valence electrons. The largest absolute Gasteiger partial charge is 0.399 e. The summed E-state index contributed by atoms with van der Waals surface area (Å²) in [7, 11) is 0. The number of carbonyl (C=O) groups excluding carboxylic acids is 1. The van der Waals surface area contributed by atoms with Crippen LogP contribution in [0.1, 0.15) is 0 Å². The number of rotatable bonds is 1. The quantitative estimate of drug-likeness (QED) is 0.603. The summed E-state index contributed by atoms with van der Waals surface area (Å²) < 4.78 is 1.01. The Balaban J connectivity index is 2.02. The minimum absolute atomic E-state index is 0.453. The van der Waals surface area contributed by atoms with Gasteiger partial charge in [-0.05, 0) is 36.4 Å². The maximum absolute atomic E-state index is 12.3. The number of nitrogens with two attached hydrogens (primary N) is 1. The van der Waals surface area contributed by atoms with Crippen LogP contribution in [0.3, 0.4) is 0 Å². The van der Waals surface area contributed by atoms with E-state index in [1.807, 2.05) is 0 Å². The van der Waals surface area contributed by atoms with Crippen molar-refractivity contribution in [1.29, 1.82) is 0 Å². The molecule has 0 atom stereocenters. The molecule has 7 heteroatoms. The van der Waals surface area contributed by atoms with Crippen LogP contribution < -0.4 is 16.7 Å². The number of amides is 1. The van der Waals surface area contributed by atoms with Crippen molar-refractivity contribution in [3.63, 3.8) is 0 Å². The van der Waals surface area contributed by atoms with Gasteiger partial charge in [-0.3, -0.25) is 0 Å². The van der Waals surface area contributed by atoms with Gasteiger partial charge in [0.1, 0.15) is 0 Å². The Morgan fingerprint density at radius 3 is 2.81 bits per heavy atom. The fourth-order valence-corrected chi connectivity index (χ4v) is 2.27. The number of hydrogen-bond donors (Lipinski definition) is 3. The standard InChI is InChI=1S/C14H11ClN4O2/c15-8-2-1-3-10(6-8)17-13(20)19-12-5-4-9(16)7-11(12)18-14(19)21/h1-7H,16H2,(H,17,20)(H,18,21). The lowest BCUT2D eigenvalue weighted by atomic mass is 10.3. The number of nitrogen functional groups attached to an aromatic ring is 1. The van der Waals surface area contributed by atoms with Gasteiger partial charge in [0.25, 0.3) is 0 Å². The number of benzene rings is 2. The van der Waals surface area contributed by atoms with Crippen LogP contribution >= 0.6 is 11.6 Å². The number of nitrogens with zero attached hydrogens (tertiary/aromatic N) is 1. The van der Waals surface area contributed by atoms with Gasteiger partial charge in [0.15, 0.2) is 0 Å². The Kier molecular flexibility index (Phi) is 3.15. The van der Waals surface area contributed by atoms with Crippen LogP contribution in [0.2, 0.25) is 5.02 Å². The number of aromatic amines is 1. The summed E-state index contributed by atoms with van der Waals surface area (Å²) in [4.78, 5) is 26.8. The Hall–Kier alpha value is -2.73. The van der Waals surface area contributed by atoms with E-state index < -0.39 is 11.7 Å². The highest BCUT2D eigenvalue weighted by Gasteiger charge is 2.14. The number of halogens is 1. The van der Waals surface area contributed by atoms with Gasteiger partial charge >= 0.3 is 11.7 Å². The first-order chi connectivity index (χ1) is 10.0. The smallest absolute Gasteiger partial charge is 0.334 e. The van der Waals surface area contributed by atoms with Crippen molar-refractivity contribution in [2.24, 2.45) is 0 Å². The van der Waals surface area contributed by atoms with Crippen LogP contribution in [0.15, 0.2) is 47.3 Å². The number of imidazole rings is 1. The zero-order chi connectivity index (χ0) is 15.0. The lowest BCUT2D eigenvalue weighted by molar-refractivity contribution is 0.253. The van der Waals surface area contributed by atoms with E-state index in [1.165, 1.54) is 0 Å². The SMILES string of the molecule is Nc1ccc2c(c1)[nH]c(=O)n2C(=O)Nc1cccc(Cl)c1. The summed E-state index contributed by atoms with van der Waals surface area (Å²) in [6.45, 7) is 0. The molecule has 0 aliphatic heterocycles. The monoisotopic (exact) mass is 302 g/mol. The maximum atomic E-state index is 12.3. The van der Waals surface area contributed by atoms with E-state index in [0.29, 0.717) is 27.4 Å². The number of H-pyrrole nitrogens is 1. The molecular formula is C14H11ClN4O2. The molecule has 3 aromatic rings. The normalized spacial score (nSPS) is 10.7. The zero-order valence-electron chi connectivity index (χ0n) is 10.8. The van der Waals surface area contributed by atoms with E-state index >= 15 is 0 Å². The van der Waals surface area contributed by atoms with Gasteiger partial charge in [0, 0.05) is 16.4 Å². The second kappa shape index (κ2) is 4.99. The predicted molar refractivity (Wildman–Crippen MR) is 82.8 cm³/mol. The minimum Gasteiger partial charge on any atom is -0.399 e. The maximum Gasteiger partial charge on any atom is 0.334 e. The topological polar surface area (TPSA) is 92.9 Å². The molecular weight excluding hydrogens is 292 g/mol. The molecule has 0 unspecified atom stereocenters. The summed E-state index contributed by atoms with van der Waals surface area (Å²) in [5.74, 6) is 0. The average molecular weight is 303 g/mol. The van der Waals surface area contributed by atoms with Gasteiger partial charge in [0.05, 0.1) is 11.0 Å². The first kappa shape index (κ1) is 13.3. The summed E-state index contributed by atoms with van der Waals surface area (Å²) in [6, 6.07) is 10.9. The van der Waals surface area contributed by atoms with Crippen molar-refractivity contribution in [3.05, 3.63) is 58.0 Å². The van der Waals surface area contributed by atoms with Crippen LogP contribution in [-0.4, -0.2) is 15.6 Å². The van der Waals surface area contributed by atoms with Crippen molar-refractivity contribution in [3.8, 4) is 0 Å². The van der Waals surface area contributed by atoms with Crippen molar-refractivity contribution in [1.82, 2.24) is 9.55 Å². The third kappa shape index (κ3) is 2.48. The molecule has 0 saturated carbocycles. The molecule has 1 amide bonds. The fourth-order valence-electron chi connectivity index (χ4n) is 2.08. The molecule has 0 spiro atoms. The molecule has 6 nitrogen and oxygen atoms in total. The Morgan fingerprint density at radius 2 is 2.05 bits per heavy atom. The Bertz CT molecular complexity index is 897. The molecule has 0 aliphatic carbocycles. The molecule has 0 aliphatic rings. The van der Waals surface area contributed by atoms with Crippen molar-refractivity contribution in [2.75, 3.05) is 11.1 Å². The highest BCUT2D eigenvalue weighted by molar-refractivity contribution is 6.30. The number of fused-ring (bicyclic) bond motifs is 1. The summed E-state index contributed by atoms with van der Waals surface area (Å²) >= 11 is 5.86. The molecule has 2 aromatic carbocycles. The molecule has 0 bridgehead atoms. The van der Waals surface area contributed by atoms with Crippen LogP contribution in [0.5, 0.6) is 0 Å². The zero-order valence-corrected chi connectivity index (χ0v) is 11.5. The van der Waals surface area contributed by atoms with E-state index in [1.54, 1.807) is 42.5 Å². The van der Waals surface area contributed by atoms with Crippen molar-refractivity contribution >= 4 is 40.0 Å². The van der Waals surface area contributed by atoms with Crippen molar-refractivity contribution in [2.45, 2.75) is 0 Å². The van der Waals surface area contributed by atoms with Crippen LogP contribution in [0.25, 0.3) is 11.0 Å². The number of nitrogens with one attached hydrogen (secondary N) is 2. The third-order valence-corrected chi connectivity index (χ3v) is 3.22. The van der Waals surface area contributed by atoms with Gasteiger partial charge in [-0.1, -0.05) is 17.7 Å². The molecule has 0 fully saturated rings. The highest BCUT2D eigenvalue weighted by atomic mass is 35.5. The number of hydrogen-bond acceptors (Lipinski definition) is 3. The second-order valence-corrected chi connectivity index (χ2v) is 4.92. The minimum atomic E-state index is -0.571. The summed E-state index contributed by atoms with van der Waals surface area (Å²) in [6.07, 6.45) is 0. The van der Waals surface area contributed by atoms with Gasteiger partial charge in [0.2, 0.25) is 0 Å². The van der Waals surface area contributed by atoms with Gasteiger partial charge < -0.3 is 16.0 Å². The van der Waals surface area contributed by atoms with E-state index in [-0.39, 0.29) is 0 Å². The molecule has 21 heavy (non-hydrogen) atoms. The fraction of sp³-hybridized carbons (Fsp3) is 0. The van der Waals surface area contributed by atoms with Gasteiger partial charge in [-0.15, -0.1) is 0 Å². The molecule has 0 saturated heterocycles. The molecule has 0 radical (unpaired) electrons. The molecule has 4 N–H and O–H groups in total. The number of anilines is 2. The lowest BCUT2D eigenvalue weighted by Gasteiger charge is -2.06. The van der Waals surface area contributed by atoms with E-state index in [0.717, 1.165) is 4.57 Å². The average Bonchev–Trinajstić information content (AvgIpc) is 2.73. The summed E-state index contributed by atoms with van der Waals surface area (Å²) in [5, 5.41) is 3.11. The Labute approximate surface area is 124 Å². The predicted octanol–water partition coefficient (Wildman–Crippen LogP) is 2.65. The summed E-state index contributed by atoms with van der Waals surface area (Å²) in [5.41, 5.74) is 7.08. The van der Waals surface area contributed by atoms with Crippen LogP contribution in [0, 0.1) is 0 Å². The first-order valence-electron chi connectivity index (χ1n) is 6.12. The number of carbonyl (C=O) groups is 1. The second-order valence-electron chi connectivity index (χ2n) is 4.48. The van der Waals surface area contributed by atoms with Crippen LogP contribution in [-0.2, 0) is 0 Å². The molecule has 3 rings (SSSR count). The first-order valence-corrected chi connectivity index (χ1v) is 6.49. The van der Waals surface area contributed by atoms with Gasteiger partial charge in [-0.25, -0.2) is 14.2 Å². The molecule has 1 aromatic heterocycles. The Morgan fingerprint density at radius 1 is 1.24 bits per heavy atom. The number of aromatic nitrogens is 2. The van der Waals surface area contributed by atoms with Gasteiger partial charge in [-0.2, -0.15) is 0 Å². The lowest BCUT2D eigenvalue weighted by Crippen LogP contribution is -2.29. The molecule has 1 heterocycles. The van der Waals surface area contributed by atoms with Crippen molar-refractivity contribution < 1.29 is 4.79 Å². The van der Waals surface area contributed by atoms with E-state index in [4.69, 9.17) is 17.3 Å². The van der Waals surface area contributed by atoms with E-state index in [9.17, 15) is 9.59 Å².